The highest BCUT2D eigenvalue weighted by atomic mass is 16.6. The van der Waals surface area contributed by atoms with E-state index in [0.29, 0.717) is 23.4 Å². The van der Waals surface area contributed by atoms with Crippen LogP contribution in [-0.2, 0) is 16.0 Å². The van der Waals surface area contributed by atoms with E-state index < -0.39 is 4.92 Å². The molecule has 0 spiro atoms. The number of fused-ring (bicyclic) bond motifs is 1. The maximum atomic E-state index is 13.9. The average Bonchev–Trinajstić information content (AvgIpc) is 3.32. The number of carbonyl (C=O) groups is 2. The summed E-state index contributed by atoms with van der Waals surface area (Å²) in [4.78, 5) is 41.8. The number of carbonyl (C=O) groups excluding carboxylic acids is 2. The van der Waals surface area contributed by atoms with E-state index in [1.807, 2.05) is 23.1 Å². The molecule has 0 aromatic heterocycles. The molecule has 0 N–H and O–H groups in total. The molecule has 0 atom stereocenters. The molecule has 1 saturated carbocycles. The summed E-state index contributed by atoms with van der Waals surface area (Å²) >= 11 is 0. The lowest BCUT2D eigenvalue weighted by molar-refractivity contribution is -0.384. The number of hydrogen-bond acceptors (Lipinski definition) is 5. The molecule has 1 aliphatic carbocycles. The first-order valence-electron chi connectivity index (χ1n) is 11.8. The van der Waals surface area contributed by atoms with E-state index >= 15 is 0 Å². The molecule has 0 saturated heterocycles. The zero-order chi connectivity index (χ0) is 22.9. The molecule has 2 aliphatic heterocycles. The van der Waals surface area contributed by atoms with Gasteiger partial charge in [-0.05, 0) is 48.6 Å². The molecule has 0 radical (unpaired) electrons. The lowest BCUT2D eigenvalue weighted by Crippen LogP contribution is -2.42. The van der Waals surface area contributed by atoms with Crippen molar-refractivity contribution in [3.05, 3.63) is 75.5 Å². The zero-order valence-corrected chi connectivity index (χ0v) is 18.5. The Labute approximate surface area is 192 Å². The molecule has 2 aromatic carbocycles. The Hall–Kier alpha value is -3.48. The lowest BCUT2D eigenvalue weighted by Gasteiger charge is -2.29. The summed E-state index contributed by atoms with van der Waals surface area (Å²) in [6.07, 6.45) is 7.94. The van der Waals surface area contributed by atoms with Gasteiger partial charge in [0.1, 0.15) is 5.70 Å². The first-order valence-corrected chi connectivity index (χ1v) is 11.8. The third-order valence-electron chi connectivity index (χ3n) is 7.05. The van der Waals surface area contributed by atoms with Crippen LogP contribution in [0, 0.1) is 10.1 Å². The van der Waals surface area contributed by atoms with Crippen LogP contribution in [0.2, 0.25) is 0 Å². The number of benzene rings is 2. The van der Waals surface area contributed by atoms with Crippen molar-refractivity contribution in [1.29, 1.82) is 0 Å². The summed E-state index contributed by atoms with van der Waals surface area (Å²) in [6.45, 7) is 0.628. The Morgan fingerprint density at radius 3 is 2.21 bits per heavy atom. The Kier molecular flexibility index (Phi) is 5.70. The zero-order valence-electron chi connectivity index (χ0n) is 18.5. The smallest absolute Gasteiger partial charge is 0.278 e. The van der Waals surface area contributed by atoms with Crippen molar-refractivity contribution in [2.45, 2.75) is 57.4 Å². The lowest BCUT2D eigenvalue weighted by atomic mass is 9.95. The Bertz CT molecular complexity index is 1130. The molecule has 0 unspecified atom stereocenters. The van der Waals surface area contributed by atoms with Gasteiger partial charge in [0.2, 0.25) is 0 Å². The van der Waals surface area contributed by atoms with E-state index in [1.165, 1.54) is 23.5 Å². The van der Waals surface area contributed by atoms with E-state index in [-0.39, 0.29) is 23.5 Å². The average molecular weight is 446 g/mol. The fourth-order valence-electron chi connectivity index (χ4n) is 5.39. The number of nitro groups is 1. The second kappa shape index (κ2) is 8.81. The second-order valence-corrected chi connectivity index (χ2v) is 9.04. The van der Waals surface area contributed by atoms with Crippen LogP contribution in [0.3, 0.4) is 0 Å². The fourth-order valence-corrected chi connectivity index (χ4v) is 5.39. The van der Waals surface area contributed by atoms with Crippen LogP contribution >= 0.6 is 0 Å². The molecule has 0 bridgehead atoms. The molecule has 170 valence electrons. The quantitative estimate of drug-likeness (QED) is 0.382. The predicted octanol–water partition coefficient (Wildman–Crippen LogP) is 4.85. The van der Waals surface area contributed by atoms with Gasteiger partial charge >= 0.3 is 0 Å². The summed E-state index contributed by atoms with van der Waals surface area (Å²) in [6, 6.07) is 13.8. The van der Waals surface area contributed by atoms with Gasteiger partial charge in [0, 0.05) is 30.4 Å². The number of nitro benzene ring substituents is 1. The minimum Gasteiger partial charge on any atom is -0.336 e. The molecule has 5 rings (SSSR count). The van der Waals surface area contributed by atoms with Crippen molar-refractivity contribution in [2.75, 3.05) is 11.4 Å². The van der Waals surface area contributed by atoms with E-state index in [2.05, 4.69) is 6.07 Å². The molecule has 7 heteroatoms. The van der Waals surface area contributed by atoms with Crippen molar-refractivity contribution in [3.63, 3.8) is 0 Å². The van der Waals surface area contributed by atoms with Crippen molar-refractivity contribution in [1.82, 2.24) is 4.90 Å². The Morgan fingerprint density at radius 1 is 0.848 bits per heavy atom. The van der Waals surface area contributed by atoms with Gasteiger partial charge in [-0.2, -0.15) is 0 Å². The number of amides is 2. The number of para-hydroxylation sites is 1. The molecule has 3 aliphatic rings. The van der Waals surface area contributed by atoms with Gasteiger partial charge < -0.3 is 4.90 Å². The number of hydrogen-bond donors (Lipinski definition) is 0. The molecule has 1 fully saturated rings. The highest BCUT2D eigenvalue weighted by Gasteiger charge is 2.45. The summed E-state index contributed by atoms with van der Waals surface area (Å²) < 4.78 is 0. The van der Waals surface area contributed by atoms with Gasteiger partial charge in [-0.15, -0.1) is 0 Å². The van der Waals surface area contributed by atoms with Crippen molar-refractivity contribution >= 4 is 28.8 Å². The highest BCUT2D eigenvalue weighted by Crippen LogP contribution is 2.40. The largest absolute Gasteiger partial charge is 0.336 e. The minimum absolute atomic E-state index is 0.0407. The maximum absolute atomic E-state index is 13.9. The third-order valence-corrected chi connectivity index (χ3v) is 7.05. The summed E-state index contributed by atoms with van der Waals surface area (Å²) in [7, 11) is 0. The van der Waals surface area contributed by atoms with Gasteiger partial charge in [-0.25, -0.2) is 0 Å². The van der Waals surface area contributed by atoms with E-state index in [1.54, 1.807) is 12.1 Å². The molecule has 2 heterocycles. The normalized spacial score (nSPS) is 19.6. The summed E-state index contributed by atoms with van der Waals surface area (Å²) in [5.41, 5.74) is 3.37. The molecule has 33 heavy (non-hydrogen) atoms. The monoisotopic (exact) mass is 445 g/mol. The number of imide groups is 1. The molecule has 2 amide bonds. The fraction of sp³-hybridized carbons (Fsp3) is 0.385. The van der Waals surface area contributed by atoms with Crippen molar-refractivity contribution < 1.29 is 14.5 Å². The molecular weight excluding hydrogens is 418 g/mol. The van der Waals surface area contributed by atoms with Crippen LogP contribution in [0.25, 0.3) is 5.57 Å². The maximum Gasteiger partial charge on any atom is 0.278 e. The minimum atomic E-state index is -0.460. The van der Waals surface area contributed by atoms with Crippen LogP contribution in [0.15, 0.2) is 54.2 Å². The van der Waals surface area contributed by atoms with Crippen molar-refractivity contribution in [3.8, 4) is 0 Å². The third kappa shape index (κ3) is 3.81. The van der Waals surface area contributed by atoms with Gasteiger partial charge in [-0.1, -0.05) is 50.3 Å². The number of nitrogens with zero attached hydrogens (tertiary/aromatic N) is 3. The van der Waals surface area contributed by atoms with E-state index in [0.717, 1.165) is 56.2 Å². The van der Waals surface area contributed by atoms with E-state index in [4.69, 9.17) is 0 Å². The summed E-state index contributed by atoms with van der Waals surface area (Å²) in [5.74, 6) is -0.519. The number of non-ortho nitro benzene ring substituents is 1. The van der Waals surface area contributed by atoms with Gasteiger partial charge in [0.15, 0.2) is 0 Å². The van der Waals surface area contributed by atoms with Crippen molar-refractivity contribution in [2.24, 2.45) is 0 Å². The molecule has 2 aromatic rings. The van der Waals surface area contributed by atoms with Crippen LogP contribution in [0.5, 0.6) is 0 Å². The van der Waals surface area contributed by atoms with Crippen LogP contribution in [0.1, 0.15) is 56.1 Å². The Morgan fingerprint density at radius 2 is 1.52 bits per heavy atom. The van der Waals surface area contributed by atoms with Gasteiger partial charge in [0.25, 0.3) is 17.5 Å². The predicted molar refractivity (Wildman–Crippen MR) is 125 cm³/mol. The van der Waals surface area contributed by atoms with E-state index in [9.17, 15) is 19.7 Å². The Balaban J connectivity index is 1.59. The summed E-state index contributed by atoms with van der Waals surface area (Å²) in [5, 5.41) is 11.1. The van der Waals surface area contributed by atoms with Crippen LogP contribution < -0.4 is 4.90 Å². The first kappa shape index (κ1) is 21.4. The van der Waals surface area contributed by atoms with Gasteiger partial charge in [0.05, 0.1) is 10.5 Å². The topological polar surface area (TPSA) is 83.8 Å². The number of rotatable bonds is 4. The number of anilines is 1. The molecular formula is C26H27N3O4. The van der Waals surface area contributed by atoms with Gasteiger partial charge in [-0.3, -0.25) is 24.6 Å². The molecule has 7 nitrogen and oxygen atoms in total. The SMILES string of the molecule is O=C1C(c2ccc([N+](=O)[O-])cc2)=C(N2CCc3ccccc32)C(=O)N1C1CCCCCCC1. The highest BCUT2D eigenvalue weighted by molar-refractivity contribution is 6.37. The first-order chi connectivity index (χ1) is 16.1. The second-order valence-electron chi connectivity index (χ2n) is 9.04. The standard InChI is InChI=1S/C26H27N3O4/c30-25-23(19-12-14-21(15-13-19)29(32)33)24(27-17-16-18-8-6-7-11-22(18)27)26(31)28(25)20-9-4-2-1-3-5-10-20/h6-8,11-15,20H,1-5,9-10,16-17H2. The van der Waals surface area contributed by atoms with Crippen LogP contribution in [0.4, 0.5) is 11.4 Å². The van der Waals surface area contributed by atoms with Crippen LogP contribution in [-0.4, -0.2) is 34.2 Å².